The zero-order valence-corrected chi connectivity index (χ0v) is 12.3. The van der Waals surface area contributed by atoms with Crippen molar-refractivity contribution in [3.63, 3.8) is 0 Å². The monoisotopic (exact) mass is 291 g/mol. The maximum atomic E-state index is 12.3. The van der Waals surface area contributed by atoms with Crippen LogP contribution in [0.3, 0.4) is 0 Å². The molecular formula is C15H17NO3S. The van der Waals surface area contributed by atoms with Gasteiger partial charge >= 0.3 is 0 Å². The summed E-state index contributed by atoms with van der Waals surface area (Å²) in [4.78, 5) is 0.758. The highest BCUT2D eigenvalue weighted by Gasteiger charge is 2.09. The molecule has 4 nitrogen and oxygen atoms in total. The van der Waals surface area contributed by atoms with Crippen LogP contribution < -0.4 is 15.2 Å². The summed E-state index contributed by atoms with van der Waals surface area (Å²) in [5.41, 5.74) is 7.21. The Hall–Kier alpha value is -2.01. The molecule has 1 unspecified atom stereocenters. The Morgan fingerprint density at radius 1 is 1.00 bits per heavy atom. The van der Waals surface area contributed by atoms with Gasteiger partial charge in [-0.25, -0.2) is 0 Å². The minimum Gasteiger partial charge on any atom is -0.493 e. The van der Waals surface area contributed by atoms with Crippen LogP contribution in [-0.2, 0) is 16.6 Å². The van der Waals surface area contributed by atoms with Gasteiger partial charge < -0.3 is 15.2 Å². The summed E-state index contributed by atoms with van der Waals surface area (Å²) >= 11 is 0. The molecule has 0 aliphatic heterocycles. The van der Waals surface area contributed by atoms with Crippen molar-refractivity contribution in [2.75, 3.05) is 20.0 Å². The first-order valence-corrected chi connectivity index (χ1v) is 7.40. The highest BCUT2D eigenvalue weighted by Crippen LogP contribution is 2.28. The molecule has 1 atom stereocenters. The van der Waals surface area contributed by atoms with E-state index in [1.807, 2.05) is 18.2 Å². The molecule has 0 aromatic heterocycles. The minimum atomic E-state index is -1.11. The van der Waals surface area contributed by atoms with E-state index in [0.717, 1.165) is 10.5 Å². The van der Waals surface area contributed by atoms with Crippen LogP contribution in [0, 0.1) is 0 Å². The van der Waals surface area contributed by atoms with Gasteiger partial charge in [-0.05, 0) is 42.0 Å². The number of anilines is 1. The van der Waals surface area contributed by atoms with E-state index in [1.54, 1.807) is 38.5 Å². The fourth-order valence-corrected chi connectivity index (χ4v) is 2.91. The van der Waals surface area contributed by atoms with E-state index in [9.17, 15) is 4.21 Å². The molecule has 0 saturated heterocycles. The molecule has 106 valence electrons. The lowest BCUT2D eigenvalue weighted by molar-refractivity contribution is 0.354. The van der Waals surface area contributed by atoms with Crippen LogP contribution in [0.5, 0.6) is 11.5 Å². The third kappa shape index (κ3) is 3.30. The van der Waals surface area contributed by atoms with Gasteiger partial charge in [0.25, 0.3) is 0 Å². The summed E-state index contributed by atoms with van der Waals surface area (Å²) < 4.78 is 22.7. The Kier molecular flexibility index (Phi) is 4.63. The first-order valence-electron chi connectivity index (χ1n) is 6.09. The lowest BCUT2D eigenvalue weighted by Crippen LogP contribution is -1.98. The van der Waals surface area contributed by atoms with Crippen molar-refractivity contribution in [2.45, 2.75) is 10.6 Å². The van der Waals surface area contributed by atoms with Crippen LogP contribution in [-0.4, -0.2) is 18.4 Å². The second kappa shape index (κ2) is 6.43. The molecule has 20 heavy (non-hydrogen) atoms. The van der Waals surface area contributed by atoms with Gasteiger partial charge in [0, 0.05) is 10.6 Å². The van der Waals surface area contributed by atoms with Gasteiger partial charge in [-0.3, -0.25) is 4.21 Å². The lowest BCUT2D eigenvalue weighted by Gasteiger charge is -2.09. The quantitative estimate of drug-likeness (QED) is 0.860. The van der Waals surface area contributed by atoms with Gasteiger partial charge in [-0.1, -0.05) is 6.07 Å². The average Bonchev–Trinajstić information content (AvgIpc) is 2.47. The number of nitrogen functional groups attached to an aromatic ring is 1. The minimum absolute atomic E-state index is 0.421. The topological polar surface area (TPSA) is 61.5 Å². The summed E-state index contributed by atoms with van der Waals surface area (Å²) in [6.45, 7) is 0. The van der Waals surface area contributed by atoms with Crippen molar-refractivity contribution in [2.24, 2.45) is 0 Å². The molecule has 0 spiro atoms. The van der Waals surface area contributed by atoms with E-state index >= 15 is 0 Å². The second-order valence-corrected chi connectivity index (χ2v) is 5.70. The number of hydrogen-bond donors (Lipinski definition) is 1. The third-order valence-electron chi connectivity index (χ3n) is 2.89. The number of rotatable bonds is 5. The van der Waals surface area contributed by atoms with Gasteiger partial charge in [0.1, 0.15) is 0 Å². The molecule has 0 fully saturated rings. The third-order valence-corrected chi connectivity index (χ3v) is 4.28. The summed E-state index contributed by atoms with van der Waals surface area (Å²) in [7, 11) is 2.06. The zero-order valence-electron chi connectivity index (χ0n) is 11.5. The van der Waals surface area contributed by atoms with Gasteiger partial charge in [0.2, 0.25) is 0 Å². The molecule has 0 saturated carbocycles. The van der Waals surface area contributed by atoms with Crippen molar-refractivity contribution in [3.05, 3.63) is 48.0 Å². The smallest absolute Gasteiger partial charge is 0.161 e. The van der Waals surface area contributed by atoms with E-state index in [-0.39, 0.29) is 0 Å². The van der Waals surface area contributed by atoms with Gasteiger partial charge in [-0.2, -0.15) is 0 Å². The predicted octanol–water partition coefficient (Wildman–Crippen LogP) is 2.59. The Labute approximate surface area is 121 Å². The highest BCUT2D eigenvalue weighted by molar-refractivity contribution is 7.84. The van der Waals surface area contributed by atoms with Crippen molar-refractivity contribution >= 4 is 16.5 Å². The number of methoxy groups -OCH3 is 2. The Morgan fingerprint density at radius 2 is 1.65 bits per heavy atom. The molecule has 0 aliphatic rings. The van der Waals surface area contributed by atoms with Gasteiger partial charge in [-0.15, -0.1) is 0 Å². The fourth-order valence-electron chi connectivity index (χ4n) is 1.82. The fraction of sp³-hybridized carbons (Fsp3) is 0.200. The number of hydrogen-bond acceptors (Lipinski definition) is 4. The molecule has 2 rings (SSSR count). The van der Waals surface area contributed by atoms with Crippen LogP contribution in [0.25, 0.3) is 0 Å². The van der Waals surface area contributed by atoms with E-state index < -0.39 is 10.8 Å². The van der Waals surface area contributed by atoms with Crippen LogP contribution in [0.2, 0.25) is 0 Å². The first-order chi connectivity index (χ1) is 9.63. The SMILES string of the molecule is COc1ccc(CS(=O)c2ccc(N)cc2)cc1OC. The summed E-state index contributed by atoms with van der Waals surface area (Å²) in [6, 6.07) is 12.6. The molecule has 2 aromatic rings. The first kappa shape index (κ1) is 14.4. The second-order valence-electron chi connectivity index (χ2n) is 4.25. The van der Waals surface area contributed by atoms with Crippen molar-refractivity contribution in [3.8, 4) is 11.5 Å². The molecular weight excluding hydrogens is 274 g/mol. The van der Waals surface area contributed by atoms with Crippen molar-refractivity contribution < 1.29 is 13.7 Å². The zero-order chi connectivity index (χ0) is 14.5. The van der Waals surface area contributed by atoms with Crippen LogP contribution >= 0.6 is 0 Å². The molecule has 2 N–H and O–H groups in total. The van der Waals surface area contributed by atoms with E-state index in [4.69, 9.17) is 15.2 Å². The molecule has 0 aliphatic carbocycles. The summed E-state index contributed by atoms with van der Waals surface area (Å²) in [6.07, 6.45) is 0. The van der Waals surface area contributed by atoms with E-state index in [2.05, 4.69) is 0 Å². The average molecular weight is 291 g/mol. The van der Waals surface area contributed by atoms with E-state index in [0.29, 0.717) is 22.9 Å². The lowest BCUT2D eigenvalue weighted by atomic mass is 10.2. The summed E-state index contributed by atoms with van der Waals surface area (Å²) in [5.74, 6) is 1.72. The molecule has 0 amide bonds. The molecule has 5 heteroatoms. The van der Waals surface area contributed by atoms with Crippen LogP contribution in [0.1, 0.15) is 5.56 Å². The van der Waals surface area contributed by atoms with Crippen LogP contribution in [0.15, 0.2) is 47.4 Å². The van der Waals surface area contributed by atoms with Gasteiger partial charge in [0.15, 0.2) is 11.5 Å². The number of benzene rings is 2. The standard InChI is InChI=1S/C15H17NO3S/c1-18-14-8-3-11(9-15(14)19-2)10-20(17)13-6-4-12(16)5-7-13/h3-9H,10,16H2,1-2H3. The van der Waals surface area contributed by atoms with E-state index in [1.165, 1.54) is 0 Å². The Bertz CT molecular complexity index is 611. The number of ether oxygens (including phenoxy) is 2. The molecule has 0 radical (unpaired) electrons. The maximum absolute atomic E-state index is 12.3. The normalized spacial score (nSPS) is 11.9. The van der Waals surface area contributed by atoms with Crippen molar-refractivity contribution in [1.82, 2.24) is 0 Å². The summed E-state index contributed by atoms with van der Waals surface area (Å²) in [5, 5.41) is 0. The maximum Gasteiger partial charge on any atom is 0.161 e. The Morgan fingerprint density at radius 3 is 2.25 bits per heavy atom. The molecule has 0 bridgehead atoms. The predicted molar refractivity (Wildman–Crippen MR) is 80.5 cm³/mol. The van der Waals surface area contributed by atoms with Crippen LogP contribution in [0.4, 0.5) is 5.69 Å². The highest BCUT2D eigenvalue weighted by atomic mass is 32.2. The molecule has 2 aromatic carbocycles. The van der Waals surface area contributed by atoms with Gasteiger partial charge in [0.05, 0.1) is 30.8 Å². The Balaban J connectivity index is 2.17. The largest absolute Gasteiger partial charge is 0.493 e. The number of nitrogens with two attached hydrogens (primary N) is 1. The van der Waals surface area contributed by atoms with Crippen molar-refractivity contribution in [1.29, 1.82) is 0 Å². The molecule has 0 heterocycles.